The molecule has 0 aliphatic heterocycles. The molecule has 0 spiro atoms. The Morgan fingerprint density at radius 3 is 2.52 bits per heavy atom. The highest BCUT2D eigenvalue weighted by Gasteiger charge is 2.20. The van der Waals surface area contributed by atoms with Gasteiger partial charge in [-0.15, -0.1) is 10.2 Å². The van der Waals surface area contributed by atoms with E-state index in [4.69, 9.17) is 0 Å². The second-order valence-corrected chi connectivity index (χ2v) is 6.73. The summed E-state index contributed by atoms with van der Waals surface area (Å²) in [6.45, 7) is 7.78. The topological polar surface area (TPSA) is 106 Å². The van der Waals surface area contributed by atoms with Crippen LogP contribution in [-0.4, -0.2) is 30.6 Å². The van der Waals surface area contributed by atoms with Gasteiger partial charge in [0.15, 0.2) is 5.82 Å². The number of hydrogen-bond acceptors (Lipinski definition) is 5. The molecular weight excluding hydrogens is 344 g/mol. The molecule has 8 heteroatoms. The summed E-state index contributed by atoms with van der Waals surface area (Å²) in [4.78, 5) is 31.8. The van der Waals surface area contributed by atoms with Crippen molar-refractivity contribution in [2.75, 3.05) is 0 Å². The van der Waals surface area contributed by atoms with Crippen LogP contribution in [-0.2, 0) is 0 Å². The van der Waals surface area contributed by atoms with E-state index in [1.54, 1.807) is 13.3 Å². The predicted octanol–water partition coefficient (Wildman–Crippen LogP) is 2.41. The van der Waals surface area contributed by atoms with Crippen molar-refractivity contribution in [3.8, 4) is 11.4 Å². The Balaban J connectivity index is 1.80. The van der Waals surface area contributed by atoms with Gasteiger partial charge in [0.25, 0.3) is 11.5 Å². The van der Waals surface area contributed by atoms with Gasteiger partial charge in [-0.05, 0) is 27.7 Å². The molecule has 0 saturated heterocycles. The summed E-state index contributed by atoms with van der Waals surface area (Å²) in [7, 11) is 0. The summed E-state index contributed by atoms with van der Waals surface area (Å²) >= 11 is 0. The molecule has 1 amide bonds. The predicted molar refractivity (Wildman–Crippen MR) is 101 cm³/mol. The molecule has 0 bridgehead atoms. The van der Waals surface area contributed by atoms with Crippen LogP contribution < -0.4 is 10.9 Å². The van der Waals surface area contributed by atoms with Crippen molar-refractivity contribution in [2.24, 2.45) is 0 Å². The normalized spacial score (nSPS) is 12.2. The Bertz CT molecular complexity index is 1000. The Labute approximate surface area is 156 Å². The van der Waals surface area contributed by atoms with Crippen LogP contribution >= 0.6 is 0 Å². The largest absolute Gasteiger partial charge is 0.342 e. The van der Waals surface area contributed by atoms with Crippen LogP contribution in [0.3, 0.4) is 0 Å². The van der Waals surface area contributed by atoms with Gasteiger partial charge in [0, 0.05) is 17.8 Å². The van der Waals surface area contributed by atoms with Crippen molar-refractivity contribution in [3.63, 3.8) is 0 Å². The maximum Gasteiger partial charge on any atom is 0.264 e. The fourth-order valence-electron chi connectivity index (χ4n) is 2.71. The first-order chi connectivity index (χ1) is 12.9. The fraction of sp³-hybridized carbons (Fsp3) is 0.316. The summed E-state index contributed by atoms with van der Waals surface area (Å²) in [6.07, 6.45) is 2.91. The van der Waals surface area contributed by atoms with E-state index in [0.29, 0.717) is 11.6 Å². The lowest BCUT2D eigenvalue weighted by Gasteiger charge is -2.16. The smallest absolute Gasteiger partial charge is 0.264 e. The number of nitrogens with one attached hydrogen (secondary N) is 2. The molecule has 2 N–H and O–H groups in total. The minimum Gasteiger partial charge on any atom is -0.342 e. The van der Waals surface area contributed by atoms with Gasteiger partial charge >= 0.3 is 0 Å². The molecule has 1 unspecified atom stereocenters. The van der Waals surface area contributed by atoms with Crippen molar-refractivity contribution in [2.45, 2.75) is 39.8 Å². The molecule has 0 aliphatic carbocycles. The van der Waals surface area contributed by atoms with Crippen molar-refractivity contribution in [1.82, 2.24) is 30.0 Å². The minimum absolute atomic E-state index is 0.0478. The van der Waals surface area contributed by atoms with Crippen molar-refractivity contribution >= 4 is 5.91 Å². The van der Waals surface area contributed by atoms with Crippen molar-refractivity contribution in [3.05, 3.63) is 64.1 Å². The summed E-state index contributed by atoms with van der Waals surface area (Å²) in [5.41, 5.74) is 1.35. The number of hydrogen-bond donors (Lipinski definition) is 2. The van der Waals surface area contributed by atoms with E-state index in [0.717, 1.165) is 11.1 Å². The van der Waals surface area contributed by atoms with Gasteiger partial charge in [0.1, 0.15) is 17.7 Å². The highest BCUT2D eigenvalue weighted by molar-refractivity contribution is 5.93. The van der Waals surface area contributed by atoms with Crippen molar-refractivity contribution in [1.29, 1.82) is 0 Å². The van der Waals surface area contributed by atoms with E-state index in [2.05, 4.69) is 25.5 Å². The van der Waals surface area contributed by atoms with Gasteiger partial charge in [-0.2, -0.15) is 0 Å². The van der Waals surface area contributed by atoms with Gasteiger partial charge < -0.3 is 14.9 Å². The van der Waals surface area contributed by atoms with Crippen LogP contribution in [0.5, 0.6) is 0 Å². The van der Waals surface area contributed by atoms with Crippen molar-refractivity contribution < 1.29 is 4.79 Å². The first-order valence-electron chi connectivity index (χ1n) is 8.73. The molecule has 0 saturated carbocycles. The van der Waals surface area contributed by atoms with Gasteiger partial charge in [0.2, 0.25) is 0 Å². The maximum atomic E-state index is 12.5. The minimum atomic E-state index is -0.509. The zero-order valence-corrected chi connectivity index (χ0v) is 15.7. The summed E-state index contributed by atoms with van der Waals surface area (Å²) in [5, 5.41) is 10.7. The average molecular weight is 366 g/mol. The number of H-pyrrole nitrogens is 1. The lowest BCUT2D eigenvalue weighted by molar-refractivity contribution is 0.0935. The summed E-state index contributed by atoms with van der Waals surface area (Å²) in [5.74, 6) is 0.535. The lowest BCUT2D eigenvalue weighted by atomic mass is 10.1. The average Bonchev–Trinajstić information content (AvgIpc) is 3.12. The Hall–Kier alpha value is -3.29. The molecular formula is C19H22N6O2. The van der Waals surface area contributed by atoms with Crippen LogP contribution in [0.15, 0.2) is 41.6 Å². The van der Waals surface area contributed by atoms with Crippen LogP contribution in [0.25, 0.3) is 11.4 Å². The summed E-state index contributed by atoms with van der Waals surface area (Å²) in [6, 6.07) is 7.36. The van der Waals surface area contributed by atoms with E-state index in [-0.39, 0.29) is 11.6 Å². The van der Waals surface area contributed by atoms with Gasteiger partial charge in [0.05, 0.1) is 6.04 Å². The number of benzene rings is 1. The van der Waals surface area contributed by atoms with E-state index >= 15 is 0 Å². The van der Waals surface area contributed by atoms with E-state index in [9.17, 15) is 9.59 Å². The van der Waals surface area contributed by atoms with Gasteiger partial charge in [-0.25, -0.2) is 4.98 Å². The zero-order chi connectivity index (χ0) is 19.6. The standard InChI is InChI=1S/C19H22N6O2/c1-11(2)25-10-21-24-17(25)13(4)22-18(26)15-9-20-16(23-19(15)27)14-7-5-12(3)6-8-14/h5-11,13H,1-4H3,(H,22,26)(H,20,23,27). The third kappa shape index (κ3) is 3.94. The Kier molecular flexibility index (Phi) is 5.16. The number of carbonyl (C=O) groups is 1. The van der Waals surface area contributed by atoms with E-state index < -0.39 is 17.5 Å². The SMILES string of the molecule is Cc1ccc(-c2ncc(C(=O)NC(C)c3nncn3C(C)C)c(=O)[nH]2)cc1. The molecule has 27 heavy (non-hydrogen) atoms. The second kappa shape index (κ2) is 7.53. The molecule has 2 heterocycles. The van der Waals surface area contributed by atoms with Gasteiger partial charge in [-0.3, -0.25) is 9.59 Å². The molecule has 2 aromatic heterocycles. The first kappa shape index (κ1) is 18.5. The zero-order valence-electron chi connectivity index (χ0n) is 15.7. The molecule has 0 aliphatic rings. The lowest BCUT2D eigenvalue weighted by Crippen LogP contribution is -2.33. The number of amides is 1. The van der Waals surface area contributed by atoms with Crippen LogP contribution in [0, 0.1) is 6.92 Å². The maximum absolute atomic E-state index is 12.5. The molecule has 140 valence electrons. The number of nitrogens with zero attached hydrogens (tertiary/aromatic N) is 4. The number of rotatable bonds is 5. The number of aromatic nitrogens is 5. The number of aryl methyl sites for hydroxylation is 1. The molecule has 1 atom stereocenters. The summed E-state index contributed by atoms with van der Waals surface area (Å²) < 4.78 is 1.87. The fourth-order valence-corrected chi connectivity index (χ4v) is 2.71. The van der Waals surface area contributed by atoms with Crippen LogP contribution in [0.1, 0.15) is 54.6 Å². The Morgan fingerprint density at radius 2 is 1.89 bits per heavy atom. The highest BCUT2D eigenvalue weighted by atomic mass is 16.2. The third-order valence-electron chi connectivity index (χ3n) is 4.26. The first-order valence-corrected chi connectivity index (χ1v) is 8.73. The van der Waals surface area contributed by atoms with Crippen LogP contribution in [0.4, 0.5) is 0 Å². The highest BCUT2D eigenvalue weighted by Crippen LogP contribution is 2.16. The van der Waals surface area contributed by atoms with E-state index in [1.807, 2.05) is 49.6 Å². The Morgan fingerprint density at radius 1 is 1.19 bits per heavy atom. The second-order valence-electron chi connectivity index (χ2n) is 6.73. The third-order valence-corrected chi connectivity index (χ3v) is 4.26. The molecule has 0 radical (unpaired) electrons. The molecule has 3 rings (SSSR count). The monoisotopic (exact) mass is 366 g/mol. The quantitative estimate of drug-likeness (QED) is 0.721. The van der Waals surface area contributed by atoms with Gasteiger partial charge in [-0.1, -0.05) is 29.8 Å². The molecule has 8 nitrogen and oxygen atoms in total. The van der Waals surface area contributed by atoms with E-state index in [1.165, 1.54) is 6.20 Å². The number of carbonyl (C=O) groups excluding carboxylic acids is 1. The molecule has 1 aromatic carbocycles. The van der Waals surface area contributed by atoms with Crippen LogP contribution in [0.2, 0.25) is 0 Å². The molecule has 3 aromatic rings. The molecule has 0 fully saturated rings. The number of aromatic amines is 1.